The monoisotopic (exact) mass is 323 g/mol. The lowest BCUT2D eigenvalue weighted by atomic mass is 9.84. The molecule has 5 heteroatoms. The highest BCUT2D eigenvalue weighted by Crippen LogP contribution is 2.27. The summed E-state index contributed by atoms with van der Waals surface area (Å²) in [6, 6.07) is 0.184. The molecule has 0 spiro atoms. The van der Waals surface area contributed by atoms with Gasteiger partial charge in [0.1, 0.15) is 0 Å². The number of likely N-dealkylation sites (tertiary alicyclic amines) is 1. The lowest BCUT2D eigenvalue weighted by molar-refractivity contribution is -0.142. The first-order valence-electron chi connectivity index (χ1n) is 9.32. The lowest BCUT2D eigenvalue weighted by Crippen LogP contribution is -2.46. The summed E-state index contributed by atoms with van der Waals surface area (Å²) >= 11 is 0. The van der Waals surface area contributed by atoms with E-state index in [0.29, 0.717) is 0 Å². The average molecular weight is 323 g/mol. The standard InChI is InChI=1S/C18H33N3O2/c1-3-4-10-20(2)17(22)14-8-11-21(12-9-14)18(23)15-6-5-7-16(19)13-15/h14-16H,3-13,19H2,1-2H3. The van der Waals surface area contributed by atoms with Crippen molar-refractivity contribution in [1.82, 2.24) is 9.80 Å². The van der Waals surface area contributed by atoms with Crippen LogP contribution in [0.3, 0.4) is 0 Å². The molecule has 2 unspecified atom stereocenters. The minimum Gasteiger partial charge on any atom is -0.346 e. The van der Waals surface area contributed by atoms with Gasteiger partial charge in [0.25, 0.3) is 0 Å². The molecule has 1 heterocycles. The highest BCUT2D eigenvalue weighted by Gasteiger charge is 2.33. The lowest BCUT2D eigenvalue weighted by Gasteiger charge is -2.36. The Balaban J connectivity index is 1.79. The van der Waals surface area contributed by atoms with Gasteiger partial charge < -0.3 is 15.5 Å². The van der Waals surface area contributed by atoms with E-state index in [2.05, 4.69) is 6.92 Å². The number of nitrogens with two attached hydrogens (primary N) is 1. The molecule has 0 radical (unpaired) electrons. The quantitative estimate of drug-likeness (QED) is 0.841. The third-order valence-electron chi connectivity index (χ3n) is 5.44. The zero-order valence-electron chi connectivity index (χ0n) is 14.8. The Morgan fingerprint density at radius 3 is 2.43 bits per heavy atom. The van der Waals surface area contributed by atoms with Crippen LogP contribution in [-0.2, 0) is 9.59 Å². The van der Waals surface area contributed by atoms with Crippen molar-refractivity contribution < 1.29 is 9.59 Å². The Morgan fingerprint density at radius 2 is 1.83 bits per heavy atom. The fourth-order valence-corrected chi connectivity index (χ4v) is 3.87. The van der Waals surface area contributed by atoms with Crippen LogP contribution in [-0.4, -0.2) is 54.3 Å². The number of hydrogen-bond donors (Lipinski definition) is 1. The number of carbonyl (C=O) groups excluding carboxylic acids is 2. The molecule has 1 aliphatic carbocycles. The Morgan fingerprint density at radius 1 is 1.13 bits per heavy atom. The maximum absolute atomic E-state index is 12.6. The number of carbonyl (C=O) groups is 2. The molecule has 2 N–H and O–H groups in total. The van der Waals surface area contributed by atoms with Crippen molar-refractivity contribution in [1.29, 1.82) is 0 Å². The fraction of sp³-hybridized carbons (Fsp3) is 0.889. The smallest absolute Gasteiger partial charge is 0.225 e. The molecule has 23 heavy (non-hydrogen) atoms. The predicted octanol–water partition coefficient (Wildman–Crippen LogP) is 2.00. The van der Waals surface area contributed by atoms with Gasteiger partial charge in [0.05, 0.1) is 0 Å². The van der Waals surface area contributed by atoms with Crippen LogP contribution < -0.4 is 5.73 Å². The van der Waals surface area contributed by atoms with Crippen molar-refractivity contribution in [2.75, 3.05) is 26.7 Å². The molecule has 0 aromatic carbocycles. The highest BCUT2D eigenvalue weighted by atomic mass is 16.2. The van der Waals surface area contributed by atoms with Crippen molar-refractivity contribution in [3.05, 3.63) is 0 Å². The number of nitrogens with zero attached hydrogens (tertiary/aromatic N) is 2. The molecule has 1 aliphatic heterocycles. The maximum atomic E-state index is 12.6. The van der Waals surface area contributed by atoms with Gasteiger partial charge in [-0.3, -0.25) is 9.59 Å². The third-order valence-corrected chi connectivity index (χ3v) is 5.44. The van der Waals surface area contributed by atoms with Crippen LogP contribution in [0.2, 0.25) is 0 Å². The Hall–Kier alpha value is -1.10. The van der Waals surface area contributed by atoms with Crippen LogP contribution in [0.1, 0.15) is 58.3 Å². The average Bonchev–Trinajstić information content (AvgIpc) is 2.58. The van der Waals surface area contributed by atoms with Gasteiger partial charge in [-0.05, 0) is 38.5 Å². The van der Waals surface area contributed by atoms with Gasteiger partial charge in [0.15, 0.2) is 0 Å². The Labute approximate surface area is 140 Å². The molecule has 2 atom stereocenters. The van der Waals surface area contributed by atoms with Gasteiger partial charge in [-0.2, -0.15) is 0 Å². The first-order valence-corrected chi connectivity index (χ1v) is 9.32. The third kappa shape index (κ3) is 4.93. The van der Waals surface area contributed by atoms with Crippen molar-refractivity contribution in [2.24, 2.45) is 17.6 Å². The van der Waals surface area contributed by atoms with E-state index >= 15 is 0 Å². The molecule has 2 rings (SSSR count). The summed E-state index contributed by atoms with van der Waals surface area (Å²) in [6.07, 6.45) is 7.69. The zero-order valence-corrected chi connectivity index (χ0v) is 14.8. The number of unbranched alkanes of at least 4 members (excludes halogenated alkanes) is 1. The van der Waals surface area contributed by atoms with Crippen molar-refractivity contribution in [2.45, 2.75) is 64.3 Å². The molecule has 0 aromatic heterocycles. The van der Waals surface area contributed by atoms with Crippen LogP contribution >= 0.6 is 0 Å². The Kier molecular flexibility index (Phi) is 6.88. The Bertz CT molecular complexity index is 405. The molecule has 0 bridgehead atoms. The summed E-state index contributed by atoms with van der Waals surface area (Å²) in [5.74, 6) is 0.725. The fourth-order valence-electron chi connectivity index (χ4n) is 3.87. The molecule has 2 aliphatic rings. The van der Waals surface area contributed by atoms with Crippen molar-refractivity contribution >= 4 is 11.8 Å². The molecule has 0 aromatic rings. The summed E-state index contributed by atoms with van der Waals surface area (Å²) in [7, 11) is 1.90. The van der Waals surface area contributed by atoms with Crippen molar-refractivity contribution in [3.63, 3.8) is 0 Å². The normalized spacial score (nSPS) is 26.1. The minimum absolute atomic E-state index is 0.0921. The summed E-state index contributed by atoms with van der Waals surface area (Å²) in [5, 5.41) is 0. The van der Waals surface area contributed by atoms with E-state index in [-0.39, 0.29) is 29.7 Å². The van der Waals surface area contributed by atoms with Crippen LogP contribution in [0.15, 0.2) is 0 Å². The summed E-state index contributed by atoms with van der Waals surface area (Å²) in [5.41, 5.74) is 6.01. The largest absolute Gasteiger partial charge is 0.346 e. The molecular weight excluding hydrogens is 290 g/mol. The topological polar surface area (TPSA) is 66.6 Å². The van der Waals surface area contributed by atoms with E-state index in [0.717, 1.165) is 71.0 Å². The second kappa shape index (κ2) is 8.67. The van der Waals surface area contributed by atoms with Crippen LogP contribution in [0.4, 0.5) is 0 Å². The van der Waals surface area contributed by atoms with E-state index < -0.39 is 0 Å². The van der Waals surface area contributed by atoms with Crippen molar-refractivity contribution in [3.8, 4) is 0 Å². The molecule has 1 saturated heterocycles. The molecule has 1 saturated carbocycles. The first kappa shape index (κ1) is 18.2. The van der Waals surface area contributed by atoms with Gasteiger partial charge in [0.2, 0.25) is 11.8 Å². The summed E-state index contributed by atoms with van der Waals surface area (Å²) < 4.78 is 0. The number of hydrogen-bond acceptors (Lipinski definition) is 3. The summed E-state index contributed by atoms with van der Waals surface area (Å²) in [4.78, 5) is 28.9. The molecule has 132 valence electrons. The highest BCUT2D eigenvalue weighted by molar-refractivity contribution is 5.81. The van der Waals surface area contributed by atoms with Crippen LogP contribution in [0.5, 0.6) is 0 Å². The van der Waals surface area contributed by atoms with Gasteiger partial charge in [0, 0.05) is 44.6 Å². The molecule has 2 amide bonds. The van der Waals surface area contributed by atoms with Crippen LogP contribution in [0, 0.1) is 11.8 Å². The van der Waals surface area contributed by atoms with E-state index in [4.69, 9.17) is 5.73 Å². The second-order valence-corrected chi connectivity index (χ2v) is 7.34. The number of piperidine rings is 1. The van der Waals surface area contributed by atoms with E-state index in [9.17, 15) is 9.59 Å². The number of amides is 2. The molecule has 5 nitrogen and oxygen atoms in total. The van der Waals surface area contributed by atoms with Gasteiger partial charge in [-0.1, -0.05) is 19.8 Å². The summed E-state index contributed by atoms with van der Waals surface area (Å²) in [6.45, 7) is 4.43. The van der Waals surface area contributed by atoms with E-state index in [1.165, 1.54) is 0 Å². The van der Waals surface area contributed by atoms with Crippen LogP contribution in [0.25, 0.3) is 0 Å². The SMILES string of the molecule is CCCCN(C)C(=O)C1CCN(C(=O)C2CCCC(N)C2)CC1. The van der Waals surface area contributed by atoms with E-state index in [1.807, 2.05) is 16.8 Å². The van der Waals surface area contributed by atoms with Gasteiger partial charge >= 0.3 is 0 Å². The predicted molar refractivity (Wildman–Crippen MR) is 91.8 cm³/mol. The molecular formula is C18H33N3O2. The second-order valence-electron chi connectivity index (χ2n) is 7.34. The number of rotatable bonds is 5. The maximum Gasteiger partial charge on any atom is 0.225 e. The minimum atomic E-state index is 0.0921. The van der Waals surface area contributed by atoms with Gasteiger partial charge in [-0.25, -0.2) is 0 Å². The first-order chi connectivity index (χ1) is 11.0. The molecule has 2 fully saturated rings. The van der Waals surface area contributed by atoms with E-state index in [1.54, 1.807) is 0 Å². The van der Waals surface area contributed by atoms with Gasteiger partial charge in [-0.15, -0.1) is 0 Å². The zero-order chi connectivity index (χ0) is 16.8.